The lowest BCUT2D eigenvalue weighted by Gasteiger charge is -2.27. The second-order valence-electron chi connectivity index (χ2n) is 6.51. The first-order chi connectivity index (χ1) is 12.1. The molecule has 3 aromatic rings. The standard InChI is InChI=1S/C19H20N4O2/c1-13(23-19(25)17-10-5-11-22(17)12-20-23)18(24)21-16-9-4-7-14-6-2-3-8-15(14)16/h2-3,5-6,8,10-13,16H,4,7,9H2,1H3,(H,21,24)/t13-,16-/m1/s1. The van der Waals surface area contributed by atoms with Gasteiger partial charge in [-0.15, -0.1) is 0 Å². The average molecular weight is 336 g/mol. The number of amides is 1. The van der Waals surface area contributed by atoms with Gasteiger partial charge in [-0.2, -0.15) is 5.10 Å². The predicted octanol–water partition coefficient (Wildman–Crippen LogP) is 2.25. The summed E-state index contributed by atoms with van der Waals surface area (Å²) in [6.07, 6.45) is 6.32. The molecule has 1 aromatic carbocycles. The van der Waals surface area contributed by atoms with E-state index in [0.29, 0.717) is 5.52 Å². The minimum Gasteiger partial charge on any atom is -0.347 e. The number of aromatic nitrogens is 3. The van der Waals surface area contributed by atoms with E-state index in [2.05, 4.69) is 22.5 Å². The van der Waals surface area contributed by atoms with Crippen LogP contribution in [0, 0.1) is 0 Å². The van der Waals surface area contributed by atoms with Gasteiger partial charge >= 0.3 is 0 Å². The first-order valence-electron chi connectivity index (χ1n) is 8.58. The zero-order chi connectivity index (χ0) is 17.4. The Bertz CT molecular complexity index is 988. The van der Waals surface area contributed by atoms with Gasteiger partial charge in [-0.25, -0.2) is 4.68 Å². The molecule has 1 aliphatic rings. The molecule has 2 aromatic heterocycles. The lowest BCUT2D eigenvalue weighted by atomic mass is 9.87. The molecule has 1 amide bonds. The molecule has 4 rings (SSSR count). The first-order valence-corrected chi connectivity index (χ1v) is 8.58. The Morgan fingerprint density at radius 1 is 1.28 bits per heavy atom. The van der Waals surface area contributed by atoms with E-state index in [1.807, 2.05) is 12.1 Å². The Morgan fingerprint density at radius 3 is 3.00 bits per heavy atom. The number of hydrogen-bond acceptors (Lipinski definition) is 3. The van der Waals surface area contributed by atoms with Crippen LogP contribution in [0.15, 0.2) is 53.7 Å². The Hall–Kier alpha value is -2.89. The summed E-state index contributed by atoms with van der Waals surface area (Å²) in [5.74, 6) is -0.188. The predicted molar refractivity (Wildman–Crippen MR) is 94.4 cm³/mol. The molecular formula is C19H20N4O2. The molecular weight excluding hydrogens is 316 g/mol. The maximum atomic E-state index is 12.7. The van der Waals surface area contributed by atoms with E-state index >= 15 is 0 Å². The smallest absolute Gasteiger partial charge is 0.291 e. The summed E-state index contributed by atoms with van der Waals surface area (Å²) >= 11 is 0. The van der Waals surface area contributed by atoms with E-state index < -0.39 is 6.04 Å². The zero-order valence-electron chi connectivity index (χ0n) is 14.1. The molecule has 1 aliphatic carbocycles. The van der Waals surface area contributed by atoms with E-state index in [1.54, 1.807) is 36.0 Å². The van der Waals surface area contributed by atoms with Crippen molar-refractivity contribution in [3.8, 4) is 0 Å². The lowest BCUT2D eigenvalue weighted by molar-refractivity contribution is -0.125. The second kappa shape index (κ2) is 6.20. The Morgan fingerprint density at radius 2 is 2.12 bits per heavy atom. The van der Waals surface area contributed by atoms with Crippen molar-refractivity contribution in [1.82, 2.24) is 19.5 Å². The molecule has 0 spiro atoms. The van der Waals surface area contributed by atoms with Crippen LogP contribution in [0.2, 0.25) is 0 Å². The van der Waals surface area contributed by atoms with Gasteiger partial charge in [0.05, 0.1) is 6.04 Å². The molecule has 25 heavy (non-hydrogen) atoms. The van der Waals surface area contributed by atoms with Crippen molar-refractivity contribution in [3.05, 3.63) is 70.4 Å². The third kappa shape index (κ3) is 2.73. The van der Waals surface area contributed by atoms with Crippen LogP contribution in [0.25, 0.3) is 5.52 Å². The van der Waals surface area contributed by atoms with Crippen molar-refractivity contribution in [3.63, 3.8) is 0 Å². The largest absolute Gasteiger partial charge is 0.347 e. The molecule has 0 fully saturated rings. The van der Waals surface area contributed by atoms with Crippen LogP contribution in [0.5, 0.6) is 0 Å². The second-order valence-corrected chi connectivity index (χ2v) is 6.51. The Balaban J connectivity index is 1.59. The maximum absolute atomic E-state index is 12.7. The minimum absolute atomic E-state index is 0.00682. The van der Waals surface area contributed by atoms with Gasteiger partial charge in [0, 0.05) is 6.20 Å². The van der Waals surface area contributed by atoms with E-state index in [1.165, 1.54) is 15.8 Å². The fourth-order valence-corrected chi connectivity index (χ4v) is 3.54. The van der Waals surface area contributed by atoms with Gasteiger partial charge in [-0.3, -0.25) is 9.59 Å². The Labute approximate surface area is 145 Å². The van der Waals surface area contributed by atoms with Crippen LogP contribution in [0.4, 0.5) is 0 Å². The van der Waals surface area contributed by atoms with Crippen LogP contribution in [-0.2, 0) is 11.2 Å². The quantitative estimate of drug-likeness (QED) is 0.798. The SMILES string of the molecule is C[C@H](C(=O)N[C@@H]1CCCc2ccccc21)n1ncn2cccc2c1=O. The highest BCUT2D eigenvalue weighted by Crippen LogP contribution is 2.29. The first kappa shape index (κ1) is 15.6. The van der Waals surface area contributed by atoms with Crippen molar-refractivity contribution in [2.24, 2.45) is 0 Å². The fraction of sp³-hybridized carbons (Fsp3) is 0.316. The lowest BCUT2D eigenvalue weighted by Crippen LogP contribution is -2.39. The highest BCUT2D eigenvalue weighted by Gasteiger charge is 2.25. The highest BCUT2D eigenvalue weighted by atomic mass is 16.2. The highest BCUT2D eigenvalue weighted by molar-refractivity contribution is 5.80. The summed E-state index contributed by atoms with van der Waals surface area (Å²) in [5.41, 5.74) is 2.71. The third-order valence-corrected chi connectivity index (χ3v) is 4.94. The summed E-state index contributed by atoms with van der Waals surface area (Å²) < 4.78 is 2.90. The molecule has 1 N–H and O–H groups in total. The van der Waals surface area contributed by atoms with Gasteiger partial charge in [-0.05, 0) is 49.4 Å². The van der Waals surface area contributed by atoms with Crippen LogP contribution in [0.3, 0.4) is 0 Å². The number of fused-ring (bicyclic) bond motifs is 2. The van der Waals surface area contributed by atoms with Gasteiger partial charge in [0.2, 0.25) is 5.91 Å². The number of hydrogen-bond donors (Lipinski definition) is 1. The molecule has 2 heterocycles. The summed E-state index contributed by atoms with van der Waals surface area (Å²) in [6, 6.07) is 11.1. The number of rotatable bonds is 3. The topological polar surface area (TPSA) is 68.4 Å². The Kier molecular flexibility index (Phi) is 3.87. The zero-order valence-corrected chi connectivity index (χ0v) is 14.1. The molecule has 0 aliphatic heterocycles. The summed E-state index contributed by atoms with van der Waals surface area (Å²) in [5, 5.41) is 7.24. The maximum Gasteiger partial charge on any atom is 0.291 e. The van der Waals surface area contributed by atoms with Gasteiger partial charge in [0.25, 0.3) is 5.56 Å². The van der Waals surface area contributed by atoms with E-state index in [-0.39, 0.29) is 17.5 Å². The van der Waals surface area contributed by atoms with E-state index in [4.69, 9.17) is 0 Å². The van der Waals surface area contributed by atoms with Crippen molar-refractivity contribution in [1.29, 1.82) is 0 Å². The van der Waals surface area contributed by atoms with Crippen molar-refractivity contribution in [2.75, 3.05) is 0 Å². The number of aryl methyl sites for hydroxylation is 1. The molecule has 0 radical (unpaired) electrons. The molecule has 0 bridgehead atoms. The van der Waals surface area contributed by atoms with Crippen molar-refractivity contribution < 1.29 is 4.79 Å². The van der Waals surface area contributed by atoms with E-state index in [0.717, 1.165) is 19.3 Å². The van der Waals surface area contributed by atoms with Gasteiger partial charge in [-0.1, -0.05) is 24.3 Å². The number of nitrogens with one attached hydrogen (secondary N) is 1. The van der Waals surface area contributed by atoms with Gasteiger partial charge in [0.1, 0.15) is 17.9 Å². The number of carbonyl (C=O) groups is 1. The minimum atomic E-state index is -0.665. The monoisotopic (exact) mass is 336 g/mol. The summed E-state index contributed by atoms with van der Waals surface area (Å²) in [6.45, 7) is 1.71. The molecule has 128 valence electrons. The van der Waals surface area contributed by atoms with Crippen LogP contribution < -0.4 is 10.9 Å². The normalized spacial score (nSPS) is 17.9. The van der Waals surface area contributed by atoms with Crippen LogP contribution in [-0.4, -0.2) is 20.1 Å². The third-order valence-electron chi connectivity index (χ3n) is 4.94. The average Bonchev–Trinajstić information content (AvgIpc) is 3.11. The summed E-state index contributed by atoms with van der Waals surface area (Å²) in [4.78, 5) is 25.3. The molecule has 6 heteroatoms. The number of carbonyl (C=O) groups excluding carboxylic acids is 1. The molecule has 0 saturated carbocycles. The van der Waals surface area contributed by atoms with Crippen LogP contribution in [0.1, 0.15) is 43.0 Å². The van der Waals surface area contributed by atoms with Crippen molar-refractivity contribution in [2.45, 2.75) is 38.3 Å². The van der Waals surface area contributed by atoms with Gasteiger partial charge in [0.15, 0.2) is 0 Å². The number of nitrogens with zero attached hydrogens (tertiary/aromatic N) is 3. The fourth-order valence-electron chi connectivity index (χ4n) is 3.54. The molecule has 0 saturated heterocycles. The molecule has 2 atom stereocenters. The molecule has 6 nitrogen and oxygen atoms in total. The van der Waals surface area contributed by atoms with Crippen molar-refractivity contribution >= 4 is 11.4 Å². The summed E-state index contributed by atoms with van der Waals surface area (Å²) in [7, 11) is 0. The number of benzene rings is 1. The molecule has 0 unspecified atom stereocenters. The van der Waals surface area contributed by atoms with Crippen LogP contribution >= 0.6 is 0 Å². The van der Waals surface area contributed by atoms with Gasteiger partial charge < -0.3 is 9.72 Å². The van der Waals surface area contributed by atoms with E-state index in [9.17, 15) is 9.59 Å².